The van der Waals surface area contributed by atoms with Gasteiger partial charge in [-0.05, 0) is 55.8 Å². The highest BCUT2D eigenvalue weighted by atomic mass is 32.1. The number of carbonyl (C=O) groups excluding carboxylic acids is 1. The smallest absolute Gasteiger partial charge is 0.234 e. The lowest BCUT2D eigenvalue weighted by molar-refractivity contribution is -0.119. The summed E-state index contributed by atoms with van der Waals surface area (Å²) < 4.78 is 13.0. The van der Waals surface area contributed by atoms with Gasteiger partial charge >= 0.3 is 0 Å². The number of rotatable bonds is 3. The lowest BCUT2D eigenvalue weighted by Crippen LogP contribution is -2.26. The van der Waals surface area contributed by atoms with Crippen LogP contribution in [0.15, 0.2) is 47.8 Å². The third-order valence-corrected chi connectivity index (χ3v) is 5.16. The SMILES string of the molecule is CC1(C)C(=O)Nc2ccc(-c3csc(Nc4ccc(F)cc4)n3)cc21. The molecule has 0 saturated heterocycles. The highest BCUT2D eigenvalue weighted by Crippen LogP contribution is 2.40. The van der Waals surface area contributed by atoms with Crippen molar-refractivity contribution in [3.8, 4) is 11.3 Å². The summed E-state index contributed by atoms with van der Waals surface area (Å²) in [6, 6.07) is 12.1. The number of carbonyl (C=O) groups is 1. The molecule has 0 bridgehead atoms. The summed E-state index contributed by atoms with van der Waals surface area (Å²) >= 11 is 1.48. The lowest BCUT2D eigenvalue weighted by Gasteiger charge is -2.15. The fraction of sp³-hybridized carbons (Fsp3) is 0.158. The minimum Gasteiger partial charge on any atom is -0.332 e. The molecule has 2 N–H and O–H groups in total. The number of hydrogen-bond acceptors (Lipinski definition) is 4. The quantitative estimate of drug-likeness (QED) is 0.702. The van der Waals surface area contributed by atoms with Crippen LogP contribution in [0.25, 0.3) is 11.3 Å². The molecule has 1 aliphatic rings. The number of thiazole rings is 1. The van der Waals surface area contributed by atoms with E-state index in [0.717, 1.165) is 33.3 Å². The van der Waals surface area contributed by atoms with Gasteiger partial charge in [0.2, 0.25) is 5.91 Å². The van der Waals surface area contributed by atoms with E-state index in [9.17, 15) is 9.18 Å². The van der Waals surface area contributed by atoms with Crippen molar-refractivity contribution >= 4 is 33.8 Å². The average Bonchev–Trinajstić information content (AvgIpc) is 3.13. The van der Waals surface area contributed by atoms with Crippen LogP contribution in [-0.2, 0) is 10.2 Å². The standard InChI is InChI=1S/C19H16FN3OS/c1-19(2)14-9-11(3-8-15(14)22-17(19)24)16-10-25-18(23-16)21-13-6-4-12(20)5-7-13/h3-10H,1-2H3,(H,21,23)(H,22,24). The summed E-state index contributed by atoms with van der Waals surface area (Å²) in [7, 11) is 0. The third-order valence-electron chi connectivity index (χ3n) is 4.40. The molecule has 0 fully saturated rings. The van der Waals surface area contributed by atoms with Crippen LogP contribution in [0.5, 0.6) is 0 Å². The number of aromatic nitrogens is 1. The molecule has 4 nitrogen and oxygen atoms in total. The number of amides is 1. The molecule has 3 aromatic rings. The first-order valence-corrected chi connectivity index (χ1v) is 8.76. The maximum atomic E-state index is 13.0. The Bertz CT molecular complexity index is 963. The molecule has 6 heteroatoms. The van der Waals surface area contributed by atoms with Gasteiger partial charge in [0, 0.05) is 22.3 Å². The van der Waals surface area contributed by atoms with Crippen LogP contribution < -0.4 is 10.6 Å². The molecule has 0 aliphatic carbocycles. The van der Waals surface area contributed by atoms with Crippen LogP contribution in [0.3, 0.4) is 0 Å². The maximum Gasteiger partial charge on any atom is 0.234 e. The molecule has 0 unspecified atom stereocenters. The van der Waals surface area contributed by atoms with Gasteiger partial charge in [-0.3, -0.25) is 4.79 Å². The Morgan fingerprint density at radius 2 is 1.92 bits per heavy atom. The zero-order valence-electron chi connectivity index (χ0n) is 13.8. The van der Waals surface area contributed by atoms with E-state index in [4.69, 9.17) is 0 Å². The van der Waals surface area contributed by atoms with Gasteiger partial charge in [0.05, 0.1) is 11.1 Å². The minimum absolute atomic E-state index is 0.0107. The monoisotopic (exact) mass is 353 g/mol. The summed E-state index contributed by atoms with van der Waals surface area (Å²) in [5.41, 5.74) is 3.89. The number of nitrogens with zero attached hydrogens (tertiary/aromatic N) is 1. The molecule has 4 rings (SSSR count). The Labute approximate surface area is 148 Å². The second-order valence-electron chi connectivity index (χ2n) is 6.51. The fourth-order valence-corrected chi connectivity index (χ4v) is 3.59. The first-order valence-electron chi connectivity index (χ1n) is 7.88. The largest absolute Gasteiger partial charge is 0.332 e. The molecular formula is C19H16FN3OS. The van der Waals surface area contributed by atoms with E-state index in [-0.39, 0.29) is 11.7 Å². The molecule has 0 radical (unpaired) electrons. The molecule has 0 atom stereocenters. The Kier molecular flexibility index (Phi) is 3.58. The van der Waals surface area contributed by atoms with Crippen molar-refractivity contribution in [3.05, 3.63) is 59.2 Å². The molecule has 0 spiro atoms. The summed E-state index contributed by atoms with van der Waals surface area (Å²) in [5.74, 6) is -0.258. The Morgan fingerprint density at radius 1 is 1.16 bits per heavy atom. The van der Waals surface area contributed by atoms with E-state index in [0.29, 0.717) is 0 Å². The summed E-state index contributed by atoms with van der Waals surface area (Å²) in [6.45, 7) is 3.83. The normalized spacial score (nSPS) is 14.9. The van der Waals surface area contributed by atoms with Crippen molar-refractivity contribution < 1.29 is 9.18 Å². The van der Waals surface area contributed by atoms with Gasteiger partial charge in [-0.15, -0.1) is 11.3 Å². The van der Waals surface area contributed by atoms with E-state index in [1.807, 2.05) is 37.4 Å². The van der Waals surface area contributed by atoms with E-state index >= 15 is 0 Å². The highest BCUT2D eigenvalue weighted by molar-refractivity contribution is 7.14. The highest BCUT2D eigenvalue weighted by Gasteiger charge is 2.38. The summed E-state index contributed by atoms with van der Waals surface area (Å²) in [4.78, 5) is 16.7. The number of hydrogen-bond donors (Lipinski definition) is 2. The van der Waals surface area contributed by atoms with Gasteiger partial charge in [-0.25, -0.2) is 9.37 Å². The molecule has 1 aliphatic heterocycles. The van der Waals surface area contributed by atoms with Crippen molar-refractivity contribution in [2.24, 2.45) is 0 Å². The Morgan fingerprint density at radius 3 is 2.68 bits per heavy atom. The zero-order chi connectivity index (χ0) is 17.6. The average molecular weight is 353 g/mol. The van der Waals surface area contributed by atoms with Gasteiger partial charge in [0.1, 0.15) is 5.82 Å². The van der Waals surface area contributed by atoms with E-state index in [1.165, 1.54) is 23.5 Å². The molecule has 2 aromatic carbocycles. The second-order valence-corrected chi connectivity index (χ2v) is 7.37. The van der Waals surface area contributed by atoms with Crippen molar-refractivity contribution in [3.63, 3.8) is 0 Å². The first kappa shape index (κ1) is 15.8. The number of nitrogens with one attached hydrogen (secondary N) is 2. The van der Waals surface area contributed by atoms with Crippen LogP contribution in [0.2, 0.25) is 0 Å². The van der Waals surface area contributed by atoms with Gasteiger partial charge in [-0.1, -0.05) is 6.07 Å². The van der Waals surface area contributed by atoms with Gasteiger partial charge in [0.15, 0.2) is 5.13 Å². The van der Waals surface area contributed by atoms with Gasteiger partial charge in [-0.2, -0.15) is 0 Å². The number of anilines is 3. The minimum atomic E-state index is -0.545. The van der Waals surface area contributed by atoms with E-state index in [1.54, 1.807) is 12.1 Å². The number of benzene rings is 2. The van der Waals surface area contributed by atoms with Crippen molar-refractivity contribution in [2.45, 2.75) is 19.3 Å². The Hall–Kier alpha value is -2.73. The van der Waals surface area contributed by atoms with Crippen LogP contribution in [0.4, 0.5) is 20.9 Å². The molecule has 25 heavy (non-hydrogen) atoms. The zero-order valence-corrected chi connectivity index (χ0v) is 14.6. The lowest BCUT2D eigenvalue weighted by atomic mass is 9.85. The molecule has 1 aromatic heterocycles. The third kappa shape index (κ3) is 2.78. The van der Waals surface area contributed by atoms with Crippen LogP contribution in [0.1, 0.15) is 19.4 Å². The van der Waals surface area contributed by atoms with Gasteiger partial charge < -0.3 is 10.6 Å². The maximum absolute atomic E-state index is 13.0. The second kappa shape index (κ2) is 5.67. The number of halogens is 1. The number of fused-ring (bicyclic) bond motifs is 1. The molecule has 0 saturated carbocycles. The molecule has 126 valence electrons. The predicted molar refractivity (Wildman–Crippen MR) is 98.9 cm³/mol. The van der Waals surface area contributed by atoms with Crippen LogP contribution in [0, 0.1) is 5.82 Å². The summed E-state index contributed by atoms with van der Waals surface area (Å²) in [6.07, 6.45) is 0. The van der Waals surface area contributed by atoms with Crippen molar-refractivity contribution in [1.29, 1.82) is 0 Å². The van der Waals surface area contributed by atoms with Crippen molar-refractivity contribution in [1.82, 2.24) is 4.98 Å². The van der Waals surface area contributed by atoms with Gasteiger partial charge in [0.25, 0.3) is 0 Å². The molecule has 2 heterocycles. The topological polar surface area (TPSA) is 54.0 Å². The van der Waals surface area contributed by atoms with E-state index < -0.39 is 5.41 Å². The van der Waals surface area contributed by atoms with Crippen LogP contribution >= 0.6 is 11.3 Å². The molecular weight excluding hydrogens is 337 g/mol. The Balaban J connectivity index is 1.62. The molecule has 1 amide bonds. The first-order chi connectivity index (χ1) is 11.9. The summed E-state index contributed by atoms with van der Waals surface area (Å²) in [5, 5.41) is 8.78. The fourth-order valence-electron chi connectivity index (χ4n) is 2.85. The van der Waals surface area contributed by atoms with Crippen molar-refractivity contribution in [2.75, 3.05) is 10.6 Å². The predicted octanol–water partition coefficient (Wildman–Crippen LogP) is 4.92. The van der Waals surface area contributed by atoms with Crippen LogP contribution in [-0.4, -0.2) is 10.9 Å². The van der Waals surface area contributed by atoms with E-state index in [2.05, 4.69) is 15.6 Å².